The van der Waals surface area contributed by atoms with E-state index in [0.717, 1.165) is 18.8 Å². The molecule has 0 radical (unpaired) electrons. The molecular weight excluding hydrogens is 250 g/mol. The van der Waals surface area contributed by atoms with Gasteiger partial charge in [-0.1, -0.05) is 11.6 Å². The predicted octanol–water partition coefficient (Wildman–Crippen LogP) is 2.36. The van der Waals surface area contributed by atoms with Crippen LogP contribution in [0.4, 0.5) is 5.82 Å². The minimum absolute atomic E-state index is 0.541. The predicted molar refractivity (Wildman–Crippen MR) is 72.0 cm³/mol. The smallest absolute Gasteiger partial charge is 0.148 e. The van der Waals surface area contributed by atoms with Crippen molar-refractivity contribution in [3.05, 3.63) is 34.8 Å². The van der Waals surface area contributed by atoms with Crippen molar-refractivity contribution in [1.29, 1.82) is 0 Å². The molecule has 0 aromatic carbocycles. The van der Waals surface area contributed by atoms with Crippen LogP contribution in [0.15, 0.2) is 12.5 Å². The molecule has 6 heteroatoms. The van der Waals surface area contributed by atoms with Gasteiger partial charge in [-0.05, 0) is 20.8 Å². The monoisotopic (exact) mass is 265 g/mol. The molecule has 0 bridgehead atoms. The second-order valence-electron chi connectivity index (χ2n) is 4.15. The summed E-state index contributed by atoms with van der Waals surface area (Å²) in [4.78, 5) is 12.5. The van der Waals surface area contributed by atoms with Crippen molar-refractivity contribution in [3.63, 3.8) is 0 Å². The molecule has 0 amide bonds. The van der Waals surface area contributed by atoms with E-state index in [1.165, 1.54) is 5.69 Å². The topological polar surface area (TPSA) is 55.6 Å². The van der Waals surface area contributed by atoms with Crippen LogP contribution in [-0.2, 0) is 6.54 Å². The molecule has 0 fully saturated rings. The van der Waals surface area contributed by atoms with Crippen molar-refractivity contribution in [1.82, 2.24) is 19.5 Å². The SMILES string of the molecule is Cc1ncc(Cl)c(NCCn2cnc(C)c2C)n1. The van der Waals surface area contributed by atoms with Crippen molar-refractivity contribution in [2.45, 2.75) is 27.3 Å². The van der Waals surface area contributed by atoms with Gasteiger partial charge in [0.15, 0.2) is 0 Å². The Morgan fingerprint density at radius 2 is 2.06 bits per heavy atom. The summed E-state index contributed by atoms with van der Waals surface area (Å²) in [6.45, 7) is 7.47. The summed E-state index contributed by atoms with van der Waals surface area (Å²) in [5, 5.41) is 3.75. The summed E-state index contributed by atoms with van der Waals surface area (Å²) in [6.07, 6.45) is 3.46. The molecule has 0 spiro atoms. The van der Waals surface area contributed by atoms with Crippen LogP contribution in [0.3, 0.4) is 0 Å². The maximum atomic E-state index is 6.01. The third-order valence-corrected chi connectivity index (χ3v) is 3.13. The fourth-order valence-corrected chi connectivity index (χ4v) is 1.80. The van der Waals surface area contributed by atoms with Crippen molar-refractivity contribution in [2.75, 3.05) is 11.9 Å². The van der Waals surface area contributed by atoms with Gasteiger partial charge in [-0.2, -0.15) is 0 Å². The lowest BCUT2D eigenvalue weighted by atomic mass is 10.4. The van der Waals surface area contributed by atoms with Crippen LogP contribution in [-0.4, -0.2) is 26.1 Å². The average molecular weight is 266 g/mol. The van der Waals surface area contributed by atoms with Crippen LogP contribution in [0.25, 0.3) is 0 Å². The van der Waals surface area contributed by atoms with Gasteiger partial charge in [0.2, 0.25) is 0 Å². The molecule has 5 nitrogen and oxygen atoms in total. The molecule has 2 rings (SSSR count). The number of aryl methyl sites for hydroxylation is 2. The molecule has 96 valence electrons. The zero-order valence-corrected chi connectivity index (χ0v) is 11.5. The van der Waals surface area contributed by atoms with E-state index in [4.69, 9.17) is 11.6 Å². The largest absolute Gasteiger partial charge is 0.367 e. The van der Waals surface area contributed by atoms with Gasteiger partial charge < -0.3 is 9.88 Å². The molecule has 2 heterocycles. The van der Waals surface area contributed by atoms with E-state index in [1.54, 1.807) is 6.20 Å². The molecule has 0 aliphatic heterocycles. The van der Waals surface area contributed by atoms with Crippen LogP contribution in [0.5, 0.6) is 0 Å². The van der Waals surface area contributed by atoms with E-state index < -0.39 is 0 Å². The van der Waals surface area contributed by atoms with E-state index in [-0.39, 0.29) is 0 Å². The highest BCUT2D eigenvalue weighted by atomic mass is 35.5. The van der Waals surface area contributed by atoms with Crippen LogP contribution in [0.1, 0.15) is 17.2 Å². The highest BCUT2D eigenvalue weighted by Gasteiger charge is 2.04. The summed E-state index contributed by atoms with van der Waals surface area (Å²) in [7, 11) is 0. The Labute approximate surface area is 111 Å². The summed E-state index contributed by atoms with van der Waals surface area (Å²) in [5.41, 5.74) is 2.24. The maximum absolute atomic E-state index is 6.01. The molecule has 2 aromatic heterocycles. The second-order valence-corrected chi connectivity index (χ2v) is 4.56. The fourth-order valence-electron chi connectivity index (χ4n) is 1.64. The standard InChI is InChI=1S/C12H16ClN5/c1-8-9(2)18(7-16-8)5-4-14-12-11(13)6-15-10(3)17-12/h6-7H,4-5H2,1-3H3,(H,14,15,17). The van der Waals surface area contributed by atoms with Gasteiger partial charge in [-0.25, -0.2) is 15.0 Å². The van der Waals surface area contributed by atoms with Crippen molar-refractivity contribution in [2.24, 2.45) is 0 Å². The number of hydrogen-bond donors (Lipinski definition) is 1. The fraction of sp³-hybridized carbons (Fsp3) is 0.417. The van der Waals surface area contributed by atoms with Gasteiger partial charge in [0.25, 0.3) is 0 Å². The highest BCUT2D eigenvalue weighted by molar-refractivity contribution is 6.32. The van der Waals surface area contributed by atoms with Gasteiger partial charge in [-0.3, -0.25) is 0 Å². The van der Waals surface area contributed by atoms with Crippen molar-refractivity contribution >= 4 is 17.4 Å². The van der Waals surface area contributed by atoms with Gasteiger partial charge in [0.1, 0.15) is 16.7 Å². The lowest BCUT2D eigenvalue weighted by Crippen LogP contribution is -2.12. The molecule has 1 N–H and O–H groups in total. The Balaban J connectivity index is 1.96. The van der Waals surface area contributed by atoms with Crippen LogP contribution in [0, 0.1) is 20.8 Å². The Morgan fingerprint density at radius 1 is 1.28 bits per heavy atom. The Morgan fingerprint density at radius 3 is 2.72 bits per heavy atom. The average Bonchev–Trinajstić information content (AvgIpc) is 2.65. The van der Waals surface area contributed by atoms with E-state index >= 15 is 0 Å². The van der Waals surface area contributed by atoms with Crippen LogP contribution >= 0.6 is 11.6 Å². The summed E-state index contributed by atoms with van der Waals surface area (Å²) < 4.78 is 2.10. The lowest BCUT2D eigenvalue weighted by molar-refractivity contribution is 0.703. The van der Waals surface area contributed by atoms with E-state index in [9.17, 15) is 0 Å². The number of nitrogens with zero attached hydrogens (tertiary/aromatic N) is 4. The highest BCUT2D eigenvalue weighted by Crippen LogP contribution is 2.17. The Kier molecular flexibility index (Phi) is 3.81. The van der Waals surface area contributed by atoms with Crippen LogP contribution in [0.2, 0.25) is 5.02 Å². The number of halogens is 1. The summed E-state index contributed by atoms with van der Waals surface area (Å²) >= 11 is 6.01. The molecule has 0 saturated heterocycles. The molecule has 2 aromatic rings. The normalized spacial score (nSPS) is 10.7. The summed E-state index contributed by atoms with van der Waals surface area (Å²) in [5.74, 6) is 1.38. The third kappa shape index (κ3) is 2.79. The first-order chi connectivity index (χ1) is 8.58. The van der Waals surface area contributed by atoms with E-state index in [0.29, 0.717) is 16.7 Å². The van der Waals surface area contributed by atoms with Crippen molar-refractivity contribution < 1.29 is 0 Å². The van der Waals surface area contributed by atoms with Crippen molar-refractivity contribution in [3.8, 4) is 0 Å². The minimum Gasteiger partial charge on any atom is -0.367 e. The minimum atomic E-state index is 0.541. The van der Waals surface area contributed by atoms with Gasteiger partial charge >= 0.3 is 0 Å². The number of anilines is 1. The van der Waals surface area contributed by atoms with E-state index in [1.807, 2.05) is 20.2 Å². The number of hydrogen-bond acceptors (Lipinski definition) is 4. The van der Waals surface area contributed by atoms with E-state index in [2.05, 4.69) is 31.8 Å². The first kappa shape index (κ1) is 12.8. The molecule has 18 heavy (non-hydrogen) atoms. The summed E-state index contributed by atoms with van der Waals surface area (Å²) in [6, 6.07) is 0. The van der Waals surface area contributed by atoms with Crippen LogP contribution < -0.4 is 5.32 Å². The molecule has 0 atom stereocenters. The number of aromatic nitrogens is 4. The number of nitrogens with one attached hydrogen (secondary N) is 1. The molecular formula is C12H16ClN5. The lowest BCUT2D eigenvalue weighted by Gasteiger charge is -2.09. The molecule has 0 unspecified atom stereocenters. The third-order valence-electron chi connectivity index (χ3n) is 2.85. The molecule has 0 saturated carbocycles. The van der Waals surface area contributed by atoms with Gasteiger partial charge in [0, 0.05) is 18.8 Å². The van der Waals surface area contributed by atoms with Gasteiger partial charge in [0.05, 0.1) is 18.2 Å². The Bertz CT molecular complexity index is 549. The molecule has 0 aliphatic rings. The first-order valence-corrected chi connectivity index (χ1v) is 6.17. The quantitative estimate of drug-likeness (QED) is 0.922. The molecule has 0 aliphatic carbocycles. The zero-order chi connectivity index (χ0) is 13.1. The number of imidazole rings is 1. The Hall–Kier alpha value is -1.62. The second kappa shape index (κ2) is 5.35. The zero-order valence-electron chi connectivity index (χ0n) is 10.7. The number of rotatable bonds is 4. The first-order valence-electron chi connectivity index (χ1n) is 5.79. The maximum Gasteiger partial charge on any atom is 0.148 e. The van der Waals surface area contributed by atoms with Gasteiger partial charge in [-0.15, -0.1) is 0 Å².